The second-order valence-electron chi connectivity index (χ2n) is 4.77. The summed E-state index contributed by atoms with van der Waals surface area (Å²) >= 11 is 0. The molecular formula is C13H16FNO4. The van der Waals surface area contributed by atoms with Crippen LogP contribution < -0.4 is 0 Å². The fourth-order valence-electron chi connectivity index (χ4n) is 1.74. The SMILES string of the molecule is CC(C)CC(C)OC(=O)c1cc([N+](=O)[O-])ccc1F. The topological polar surface area (TPSA) is 69.4 Å². The molecule has 1 unspecified atom stereocenters. The number of halogens is 1. The van der Waals surface area contributed by atoms with Gasteiger partial charge in [0.25, 0.3) is 5.69 Å². The highest BCUT2D eigenvalue weighted by Crippen LogP contribution is 2.19. The molecule has 104 valence electrons. The maximum Gasteiger partial charge on any atom is 0.341 e. The molecule has 1 rings (SSSR count). The molecule has 1 atom stereocenters. The summed E-state index contributed by atoms with van der Waals surface area (Å²) < 4.78 is 18.5. The molecule has 0 heterocycles. The third-order valence-corrected chi connectivity index (χ3v) is 2.49. The minimum absolute atomic E-state index is 0.331. The fourth-order valence-corrected chi connectivity index (χ4v) is 1.74. The van der Waals surface area contributed by atoms with Gasteiger partial charge in [0.1, 0.15) is 11.4 Å². The molecule has 0 aromatic heterocycles. The summed E-state index contributed by atoms with van der Waals surface area (Å²) in [5, 5.41) is 10.6. The second-order valence-corrected chi connectivity index (χ2v) is 4.77. The van der Waals surface area contributed by atoms with Crippen molar-refractivity contribution < 1.29 is 18.8 Å². The fraction of sp³-hybridized carbons (Fsp3) is 0.462. The van der Waals surface area contributed by atoms with Gasteiger partial charge in [-0.1, -0.05) is 13.8 Å². The number of carbonyl (C=O) groups is 1. The molecule has 0 spiro atoms. The van der Waals surface area contributed by atoms with Crippen LogP contribution in [-0.4, -0.2) is 17.0 Å². The Labute approximate surface area is 110 Å². The van der Waals surface area contributed by atoms with Crippen LogP contribution in [0, 0.1) is 21.8 Å². The van der Waals surface area contributed by atoms with Crippen LogP contribution in [0.1, 0.15) is 37.6 Å². The highest BCUT2D eigenvalue weighted by atomic mass is 19.1. The first kappa shape index (κ1) is 15.1. The summed E-state index contributed by atoms with van der Waals surface area (Å²) in [6.07, 6.45) is 0.272. The molecule has 0 saturated heterocycles. The maximum absolute atomic E-state index is 13.5. The number of rotatable bonds is 5. The molecule has 0 fully saturated rings. The van der Waals surface area contributed by atoms with E-state index in [9.17, 15) is 19.3 Å². The van der Waals surface area contributed by atoms with Gasteiger partial charge in [0.05, 0.1) is 11.0 Å². The predicted octanol–water partition coefficient (Wildman–Crippen LogP) is 3.33. The van der Waals surface area contributed by atoms with Gasteiger partial charge in [0, 0.05) is 12.1 Å². The Morgan fingerprint density at radius 2 is 2.05 bits per heavy atom. The van der Waals surface area contributed by atoms with Crippen LogP contribution in [0.5, 0.6) is 0 Å². The van der Waals surface area contributed by atoms with Crippen LogP contribution in [-0.2, 0) is 4.74 Å². The van der Waals surface area contributed by atoms with Crippen LogP contribution >= 0.6 is 0 Å². The normalized spacial score (nSPS) is 12.3. The number of esters is 1. The van der Waals surface area contributed by atoms with Crippen molar-refractivity contribution in [3.63, 3.8) is 0 Å². The van der Waals surface area contributed by atoms with Gasteiger partial charge in [-0.05, 0) is 25.3 Å². The van der Waals surface area contributed by atoms with Crippen molar-refractivity contribution in [2.24, 2.45) is 5.92 Å². The number of hydrogen-bond acceptors (Lipinski definition) is 4. The molecule has 0 radical (unpaired) electrons. The number of ether oxygens (including phenoxy) is 1. The minimum atomic E-state index is -0.880. The van der Waals surface area contributed by atoms with E-state index in [1.165, 1.54) is 0 Å². The van der Waals surface area contributed by atoms with Crippen LogP contribution in [0.15, 0.2) is 18.2 Å². The van der Waals surface area contributed by atoms with Crippen molar-refractivity contribution in [2.45, 2.75) is 33.3 Å². The summed E-state index contributed by atoms with van der Waals surface area (Å²) in [5.74, 6) is -1.38. The quantitative estimate of drug-likeness (QED) is 0.467. The Hall–Kier alpha value is -1.98. The third kappa shape index (κ3) is 4.31. The average molecular weight is 269 g/mol. The van der Waals surface area contributed by atoms with E-state index in [-0.39, 0.29) is 11.8 Å². The van der Waals surface area contributed by atoms with E-state index in [1.807, 2.05) is 13.8 Å². The number of hydrogen-bond donors (Lipinski definition) is 0. The van der Waals surface area contributed by atoms with Gasteiger partial charge in [0.2, 0.25) is 0 Å². The summed E-state index contributed by atoms with van der Waals surface area (Å²) in [6, 6.07) is 2.78. The number of non-ortho nitro benzene ring substituents is 1. The minimum Gasteiger partial charge on any atom is -0.459 e. The summed E-state index contributed by atoms with van der Waals surface area (Å²) in [4.78, 5) is 21.6. The molecular weight excluding hydrogens is 253 g/mol. The number of nitro groups is 1. The number of nitro benzene ring substituents is 1. The van der Waals surface area contributed by atoms with Gasteiger partial charge in [-0.3, -0.25) is 10.1 Å². The van der Waals surface area contributed by atoms with Crippen molar-refractivity contribution in [1.29, 1.82) is 0 Å². The zero-order valence-electron chi connectivity index (χ0n) is 11.1. The van der Waals surface area contributed by atoms with Crippen LogP contribution in [0.3, 0.4) is 0 Å². The monoisotopic (exact) mass is 269 g/mol. The Morgan fingerprint density at radius 1 is 1.42 bits per heavy atom. The van der Waals surface area contributed by atoms with Crippen LogP contribution in [0.4, 0.5) is 10.1 Å². The van der Waals surface area contributed by atoms with Crippen LogP contribution in [0.25, 0.3) is 0 Å². The molecule has 0 saturated carbocycles. The Balaban J connectivity index is 2.87. The summed E-state index contributed by atoms with van der Waals surface area (Å²) in [5.41, 5.74) is -0.755. The Bertz CT molecular complexity index is 488. The third-order valence-electron chi connectivity index (χ3n) is 2.49. The lowest BCUT2D eigenvalue weighted by molar-refractivity contribution is -0.384. The van der Waals surface area contributed by atoms with Crippen molar-refractivity contribution in [2.75, 3.05) is 0 Å². The molecule has 1 aromatic carbocycles. The van der Waals surface area contributed by atoms with Gasteiger partial charge in [0.15, 0.2) is 0 Å². The molecule has 5 nitrogen and oxygen atoms in total. The lowest BCUT2D eigenvalue weighted by Crippen LogP contribution is -2.18. The molecule has 1 aromatic rings. The van der Waals surface area contributed by atoms with E-state index in [2.05, 4.69) is 0 Å². The molecule has 6 heteroatoms. The van der Waals surface area contributed by atoms with Crippen molar-refractivity contribution in [1.82, 2.24) is 0 Å². The molecule has 0 amide bonds. The first-order valence-electron chi connectivity index (χ1n) is 5.96. The number of nitrogens with zero attached hydrogens (tertiary/aromatic N) is 1. The molecule has 0 bridgehead atoms. The van der Waals surface area contributed by atoms with Gasteiger partial charge < -0.3 is 4.74 Å². The first-order chi connectivity index (χ1) is 8.81. The standard InChI is InChI=1S/C13H16FNO4/c1-8(2)6-9(3)19-13(16)11-7-10(15(17)18)4-5-12(11)14/h4-5,7-9H,6H2,1-3H3. The lowest BCUT2D eigenvalue weighted by Gasteiger charge is -2.15. The van der Waals surface area contributed by atoms with E-state index in [0.717, 1.165) is 18.2 Å². The lowest BCUT2D eigenvalue weighted by atomic mass is 10.1. The van der Waals surface area contributed by atoms with Crippen LogP contribution in [0.2, 0.25) is 0 Å². The number of carbonyl (C=O) groups excluding carboxylic acids is 1. The smallest absolute Gasteiger partial charge is 0.341 e. The molecule has 0 aliphatic carbocycles. The Kier molecular flexibility index (Phi) is 4.97. The maximum atomic E-state index is 13.5. The van der Waals surface area contributed by atoms with E-state index in [1.54, 1.807) is 6.92 Å². The Morgan fingerprint density at radius 3 is 2.58 bits per heavy atom. The van der Waals surface area contributed by atoms with E-state index in [4.69, 9.17) is 4.74 Å². The predicted molar refractivity (Wildman–Crippen MR) is 67.4 cm³/mol. The summed E-state index contributed by atoms with van der Waals surface area (Å²) in [7, 11) is 0. The first-order valence-corrected chi connectivity index (χ1v) is 5.96. The van der Waals surface area contributed by atoms with Crippen molar-refractivity contribution in [3.05, 3.63) is 39.7 Å². The number of benzene rings is 1. The molecule has 0 N–H and O–H groups in total. The molecule has 0 aliphatic rings. The van der Waals surface area contributed by atoms with Gasteiger partial charge in [-0.15, -0.1) is 0 Å². The van der Waals surface area contributed by atoms with Crippen molar-refractivity contribution >= 4 is 11.7 Å². The molecule has 0 aliphatic heterocycles. The van der Waals surface area contributed by atoms with E-state index < -0.39 is 22.3 Å². The highest BCUT2D eigenvalue weighted by molar-refractivity contribution is 5.90. The van der Waals surface area contributed by atoms with Gasteiger partial charge in [-0.2, -0.15) is 0 Å². The molecule has 19 heavy (non-hydrogen) atoms. The average Bonchev–Trinajstić information content (AvgIpc) is 2.27. The van der Waals surface area contributed by atoms with E-state index in [0.29, 0.717) is 12.3 Å². The van der Waals surface area contributed by atoms with Crippen molar-refractivity contribution in [3.8, 4) is 0 Å². The zero-order valence-corrected chi connectivity index (χ0v) is 11.1. The van der Waals surface area contributed by atoms with Gasteiger partial charge in [-0.25, -0.2) is 9.18 Å². The summed E-state index contributed by atoms with van der Waals surface area (Å²) in [6.45, 7) is 5.64. The second kappa shape index (κ2) is 6.26. The zero-order chi connectivity index (χ0) is 14.6. The highest BCUT2D eigenvalue weighted by Gasteiger charge is 2.20. The van der Waals surface area contributed by atoms with Gasteiger partial charge >= 0.3 is 5.97 Å². The van der Waals surface area contributed by atoms with E-state index >= 15 is 0 Å². The largest absolute Gasteiger partial charge is 0.459 e.